The number of phenolic OH excluding ortho intramolecular Hbond substituents is 1. The van der Waals surface area contributed by atoms with E-state index in [0.29, 0.717) is 48.8 Å². The largest absolute Gasteiger partial charge is 0.507 e. The third kappa shape index (κ3) is 5.13. The van der Waals surface area contributed by atoms with Crippen molar-refractivity contribution in [3.63, 3.8) is 0 Å². The fourth-order valence-electron chi connectivity index (χ4n) is 2.81. The number of halogens is 1. The van der Waals surface area contributed by atoms with Crippen molar-refractivity contribution < 1.29 is 9.84 Å². The first kappa shape index (κ1) is 19.9. The topological polar surface area (TPSA) is 108 Å². The molecule has 30 heavy (non-hydrogen) atoms. The smallest absolute Gasteiger partial charge is 0.250 e. The van der Waals surface area contributed by atoms with Gasteiger partial charge >= 0.3 is 0 Å². The maximum Gasteiger partial charge on any atom is 0.250 e. The van der Waals surface area contributed by atoms with Crippen LogP contribution in [-0.2, 0) is 4.74 Å². The minimum Gasteiger partial charge on any atom is -0.507 e. The number of benzene rings is 2. The third-order valence-corrected chi connectivity index (χ3v) is 4.54. The van der Waals surface area contributed by atoms with Crippen LogP contribution in [0.2, 0.25) is 5.02 Å². The summed E-state index contributed by atoms with van der Waals surface area (Å²) in [7, 11) is 0. The van der Waals surface area contributed by atoms with Crippen LogP contribution >= 0.6 is 11.6 Å². The van der Waals surface area contributed by atoms with Gasteiger partial charge in [-0.1, -0.05) is 29.8 Å². The van der Waals surface area contributed by atoms with E-state index in [1.54, 1.807) is 12.1 Å². The summed E-state index contributed by atoms with van der Waals surface area (Å²) in [6, 6.07) is 14.3. The molecular weight excluding hydrogens is 406 g/mol. The van der Waals surface area contributed by atoms with Crippen molar-refractivity contribution in [1.29, 1.82) is 0 Å². The number of hydrogen-bond donors (Lipinski definition) is 3. The monoisotopic (exact) mass is 425 g/mol. The van der Waals surface area contributed by atoms with Crippen molar-refractivity contribution in [1.82, 2.24) is 15.0 Å². The van der Waals surface area contributed by atoms with Gasteiger partial charge in [0.05, 0.1) is 19.4 Å². The predicted octanol–water partition coefficient (Wildman–Crippen LogP) is 3.26. The van der Waals surface area contributed by atoms with Gasteiger partial charge in [-0.2, -0.15) is 20.1 Å². The molecule has 0 radical (unpaired) electrons. The molecule has 0 atom stereocenters. The van der Waals surface area contributed by atoms with Crippen LogP contribution in [0.1, 0.15) is 5.56 Å². The summed E-state index contributed by atoms with van der Waals surface area (Å²) in [5.41, 5.74) is 4.13. The number of aromatic nitrogens is 3. The highest BCUT2D eigenvalue weighted by molar-refractivity contribution is 6.30. The molecule has 1 saturated heterocycles. The molecule has 2 aromatic carbocycles. The molecule has 3 aromatic rings. The van der Waals surface area contributed by atoms with Crippen molar-refractivity contribution in [2.45, 2.75) is 0 Å². The Balaban J connectivity index is 1.58. The van der Waals surface area contributed by atoms with E-state index >= 15 is 0 Å². The Bertz CT molecular complexity index is 1030. The molecule has 0 saturated carbocycles. The van der Waals surface area contributed by atoms with Gasteiger partial charge in [0.2, 0.25) is 17.8 Å². The number of phenols is 1. The highest BCUT2D eigenvalue weighted by atomic mass is 35.5. The first-order chi connectivity index (χ1) is 14.7. The Labute approximate surface area is 178 Å². The first-order valence-corrected chi connectivity index (χ1v) is 9.73. The molecule has 2 heterocycles. The van der Waals surface area contributed by atoms with Crippen LogP contribution in [-0.4, -0.2) is 52.6 Å². The number of nitrogens with zero attached hydrogens (tertiary/aromatic N) is 5. The summed E-state index contributed by atoms with van der Waals surface area (Å²) in [4.78, 5) is 15.4. The lowest BCUT2D eigenvalue weighted by Gasteiger charge is -2.27. The third-order valence-electron chi connectivity index (χ3n) is 4.31. The van der Waals surface area contributed by atoms with Gasteiger partial charge in [0.15, 0.2) is 0 Å². The summed E-state index contributed by atoms with van der Waals surface area (Å²) in [6.07, 6.45) is 1.45. The molecule has 1 aromatic heterocycles. The van der Waals surface area contributed by atoms with Crippen molar-refractivity contribution in [3.05, 3.63) is 59.1 Å². The van der Waals surface area contributed by atoms with Crippen molar-refractivity contribution in [3.8, 4) is 5.75 Å². The van der Waals surface area contributed by atoms with E-state index in [2.05, 4.69) is 30.8 Å². The van der Waals surface area contributed by atoms with E-state index < -0.39 is 0 Å². The van der Waals surface area contributed by atoms with Crippen molar-refractivity contribution >= 4 is 41.3 Å². The summed E-state index contributed by atoms with van der Waals surface area (Å²) in [6.45, 7) is 2.60. The number of nitrogens with one attached hydrogen (secondary N) is 2. The van der Waals surface area contributed by atoms with Gasteiger partial charge in [-0.3, -0.25) is 0 Å². The number of hydrogen-bond acceptors (Lipinski definition) is 9. The van der Waals surface area contributed by atoms with Gasteiger partial charge in [-0.25, -0.2) is 5.43 Å². The first-order valence-electron chi connectivity index (χ1n) is 9.36. The summed E-state index contributed by atoms with van der Waals surface area (Å²) in [5.74, 6) is 1.25. The lowest BCUT2D eigenvalue weighted by Crippen LogP contribution is -2.37. The minimum absolute atomic E-state index is 0.0704. The quantitative estimate of drug-likeness (QED) is 0.408. The Kier molecular flexibility index (Phi) is 6.21. The van der Waals surface area contributed by atoms with Crippen LogP contribution in [0, 0.1) is 0 Å². The predicted molar refractivity (Wildman–Crippen MR) is 117 cm³/mol. The van der Waals surface area contributed by atoms with Crippen LogP contribution in [0.5, 0.6) is 5.75 Å². The second-order valence-electron chi connectivity index (χ2n) is 6.45. The highest BCUT2D eigenvalue weighted by Gasteiger charge is 2.16. The Hall–Kier alpha value is -3.43. The minimum atomic E-state index is 0.0704. The lowest BCUT2D eigenvalue weighted by atomic mass is 10.2. The molecule has 0 aliphatic carbocycles. The van der Waals surface area contributed by atoms with Crippen LogP contribution in [0.3, 0.4) is 0 Å². The average Bonchev–Trinajstić information content (AvgIpc) is 2.77. The zero-order chi connectivity index (χ0) is 20.8. The van der Waals surface area contributed by atoms with Gasteiger partial charge in [-0.05, 0) is 30.3 Å². The van der Waals surface area contributed by atoms with Crippen LogP contribution in [0.4, 0.5) is 23.5 Å². The van der Waals surface area contributed by atoms with E-state index in [0.717, 1.165) is 5.69 Å². The molecule has 0 unspecified atom stereocenters. The van der Waals surface area contributed by atoms with E-state index in [1.807, 2.05) is 35.2 Å². The molecule has 0 bridgehead atoms. The maximum absolute atomic E-state index is 9.91. The molecule has 1 aliphatic heterocycles. The Morgan fingerprint density at radius 2 is 1.80 bits per heavy atom. The molecule has 3 N–H and O–H groups in total. The van der Waals surface area contributed by atoms with Crippen molar-refractivity contribution in [2.24, 2.45) is 5.10 Å². The SMILES string of the molecule is Oc1ccc(Cl)cc1/C=N/Nc1nc(Nc2ccccc2)nc(N2CCOCC2)n1. The zero-order valence-corrected chi connectivity index (χ0v) is 16.8. The Morgan fingerprint density at radius 1 is 1.03 bits per heavy atom. The molecule has 1 aliphatic rings. The van der Waals surface area contributed by atoms with E-state index in [1.165, 1.54) is 12.3 Å². The second-order valence-corrected chi connectivity index (χ2v) is 6.88. The molecular formula is C20H20ClN7O2. The lowest BCUT2D eigenvalue weighted by molar-refractivity contribution is 0.122. The van der Waals surface area contributed by atoms with E-state index in [-0.39, 0.29) is 11.7 Å². The van der Waals surface area contributed by atoms with Crippen LogP contribution in [0.25, 0.3) is 0 Å². The number of aromatic hydroxyl groups is 1. The number of hydrazone groups is 1. The second kappa shape index (κ2) is 9.38. The molecule has 10 heteroatoms. The number of ether oxygens (including phenoxy) is 1. The maximum atomic E-state index is 9.91. The van der Waals surface area contributed by atoms with Crippen LogP contribution in [0.15, 0.2) is 53.6 Å². The van der Waals surface area contributed by atoms with Crippen LogP contribution < -0.4 is 15.6 Å². The summed E-state index contributed by atoms with van der Waals surface area (Å²) in [5, 5.41) is 17.7. The normalized spacial score (nSPS) is 14.1. The molecule has 0 spiro atoms. The van der Waals surface area contributed by atoms with Gasteiger partial charge in [0.25, 0.3) is 0 Å². The average molecular weight is 426 g/mol. The van der Waals surface area contributed by atoms with Gasteiger partial charge in [0.1, 0.15) is 5.75 Å². The van der Waals surface area contributed by atoms with Gasteiger partial charge < -0.3 is 20.1 Å². The van der Waals surface area contributed by atoms with Crippen molar-refractivity contribution in [2.75, 3.05) is 41.9 Å². The fraction of sp³-hybridized carbons (Fsp3) is 0.200. The molecule has 9 nitrogen and oxygen atoms in total. The van der Waals surface area contributed by atoms with Gasteiger partial charge in [0, 0.05) is 29.4 Å². The number of morpholine rings is 1. The van der Waals surface area contributed by atoms with E-state index in [4.69, 9.17) is 16.3 Å². The zero-order valence-electron chi connectivity index (χ0n) is 16.0. The number of rotatable bonds is 6. The molecule has 0 amide bonds. The number of para-hydroxylation sites is 1. The van der Waals surface area contributed by atoms with Gasteiger partial charge in [-0.15, -0.1) is 0 Å². The molecule has 4 rings (SSSR count). The highest BCUT2D eigenvalue weighted by Crippen LogP contribution is 2.21. The Morgan fingerprint density at radius 3 is 2.60 bits per heavy atom. The summed E-state index contributed by atoms with van der Waals surface area (Å²) >= 11 is 5.97. The fourth-order valence-corrected chi connectivity index (χ4v) is 2.99. The number of anilines is 4. The molecule has 154 valence electrons. The molecule has 1 fully saturated rings. The summed E-state index contributed by atoms with van der Waals surface area (Å²) < 4.78 is 5.41. The standard InChI is InChI=1S/C20H20ClN7O2/c21-15-6-7-17(29)14(12-15)13-22-27-19-24-18(23-16-4-2-1-3-5-16)25-20(26-19)28-8-10-30-11-9-28/h1-7,12-13,29H,8-11H2,(H2,23,24,25,26,27)/b22-13+. The van der Waals surface area contributed by atoms with E-state index in [9.17, 15) is 5.11 Å².